The Bertz CT molecular complexity index is 953. The Balaban J connectivity index is 1.80. The number of hydrogen-bond acceptors (Lipinski definition) is 3. The fraction of sp³-hybridized carbons (Fsp3) is 0.348. The number of halogens is 1. The van der Waals surface area contributed by atoms with Crippen LogP contribution in [0.3, 0.4) is 0 Å². The molecule has 5 nitrogen and oxygen atoms in total. The summed E-state index contributed by atoms with van der Waals surface area (Å²) in [5, 5.41) is 12.6. The Labute approximate surface area is 169 Å². The summed E-state index contributed by atoms with van der Waals surface area (Å²) in [6, 6.07) is 13.1. The van der Waals surface area contributed by atoms with Crippen LogP contribution in [0.2, 0.25) is 0 Å². The van der Waals surface area contributed by atoms with Gasteiger partial charge < -0.3 is 10.4 Å². The second-order valence-corrected chi connectivity index (χ2v) is 8.27. The first kappa shape index (κ1) is 20.7. The third-order valence-electron chi connectivity index (χ3n) is 6.40. The molecule has 0 aromatic heterocycles. The van der Waals surface area contributed by atoms with Gasteiger partial charge in [0.2, 0.25) is 5.91 Å². The summed E-state index contributed by atoms with van der Waals surface area (Å²) in [7, 11) is 0. The second kappa shape index (κ2) is 7.78. The number of aliphatic imine (C=N–C) groups is 1. The summed E-state index contributed by atoms with van der Waals surface area (Å²) in [6.07, 6.45) is 2.58. The van der Waals surface area contributed by atoms with Gasteiger partial charge in [-0.2, -0.15) is 0 Å². The van der Waals surface area contributed by atoms with Crippen LogP contribution in [0.1, 0.15) is 39.2 Å². The van der Waals surface area contributed by atoms with E-state index in [2.05, 4.69) is 10.3 Å². The van der Waals surface area contributed by atoms with Crippen molar-refractivity contribution in [3.05, 3.63) is 59.9 Å². The van der Waals surface area contributed by atoms with E-state index in [0.717, 1.165) is 5.56 Å². The van der Waals surface area contributed by atoms with Gasteiger partial charge in [0, 0.05) is 12.1 Å². The maximum Gasteiger partial charge on any atom is 0.309 e. The molecule has 1 saturated carbocycles. The molecule has 1 aliphatic carbocycles. The van der Waals surface area contributed by atoms with Crippen LogP contribution in [0.5, 0.6) is 0 Å². The van der Waals surface area contributed by atoms with Crippen LogP contribution < -0.4 is 5.32 Å². The Hall–Kier alpha value is -3.02. The van der Waals surface area contributed by atoms with E-state index in [-0.39, 0.29) is 11.7 Å². The first-order chi connectivity index (χ1) is 13.6. The molecule has 0 aliphatic heterocycles. The largest absolute Gasteiger partial charge is 0.481 e. The van der Waals surface area contributed by atoms with Crippen molar-refractivity contribution >= 4 is 29.5 Å². The van der Waals surface area contributed by atoms with Gasteiger partial charge in [0.15, 0.2) is 0 Å². The number of amides is 1. The molecule has 152 valence electrons. The van der Waals surface area contributed by atoms with Gasteiger partial charge in [-0.1, -0.05) is 38.1 Å². The van der Waals surface area contributed by atoms with Crippen LogP contribution in [0.4, 0.5) is 15.8 Å². The van der Waals surface area contributed by atoms with E-state index in [4.69, 9.17) is 0 Å². The Morgan fingerprint density at radius 1 is 1.14 bits per heavy atom. The zero-order valence-corrected chi connectivity index (χ0v) is 16.8. The predicted octanol–water partition coefficient (Wildman–Crippen LogP) is 5.04. The molecule has 0 heterocycles. The quantitative estimate of drug-likeness (QED) is 0.695. The number of rotatable bonds is 5. The minimum absolute atomic E-state index is 0.204. The number of benzene rings is 2. The summed E-state index contributed by atoms with van der Waals surface area (Å²) in [5.74, 6) is -1.81. The lowest BCUT2D eigenvalue weighted by Gasteiger charge is -2.37. The van der Waals surface area contributed by atoms with Crippen molar-refractivity contribution in [3.8, 4) is 0 Å². The second-order valence-electron chi connectivity index (χ2n) is 8.27. The average Bonchev–Trinajstić information content (AvgIpc) is 2.93. The summed E-state index contributed by atoms with van der Waals surface area (Å²) in [4.78, 5) is 29.2. The van der Waals surface area contributed by atoms with Gasteiger partial charge in [-0.3, -0.25) is 14.6 Å². The standard InChI is InChI=1S/C23H25FN2O3/c1-22(2)17(12-13-23(22,3)21(28)29)20(27)26-19-7-5-4-6-18(19)25-14-15-8-10-16(24)11-9-15/h4-11,14,17H,12-13H2,1-3H3,(H,26,27)(H,28,29). The van der Waals surface area contributed by atoms with Crippen molar-refractivity contribution in [3.63, 3.8) is 0 Å². The molecular weight excluding hydrogens is 371 g/mol. The normalized spacial score (nSPS) is 23.2. The van der Waals surface area contributed by atoms with Crippen molar-refractivity contribution in [1.29, 1.82) is 0 Å². The van der Waals surface area contributed by atoms with Crippen LogP contribution in [0.15, 0.2) is 53.5 Å². The zero-order valence-electron chi connectivity index (χ0n) is 16.8. The number of hydrogen-bond donors (Lipinski definition) is 2. The molecule has 1 amide bonds. The molecule has 2 aromatic carbocycles. The highest BCUT2D eigenvalue weighted by Crippen LogP contribution is 2.56. The first-order valence-electron chi connectivity index (χ1n) is 9.58. The molecule has 2 N–H and O–H groups in total. The number of para-hydroxylation sites is 2. The minimum atomic E-state index is -0.949. The lowest BCUT2D eigenvalue weighted by Crippen LogP contribution is -2.43. The zero-order chi connectivity index (χ0) is 21.2. The Morgan fingerprint density at radius 3 is 2.41 bits per heavy atom. The molecule has 2 unspecified atom stereocenters. The third kappa shape index (κ3) is 3.92. The van der Waals surface area contributed by atoms with Gasteiger partial charge in [0.1, 0.15) is 5.82 Å². The maximum absolute atomic E-state index is 13.0. The molecule has 3 rings (SSSR count). The van der Waals surface area contributed by atoms with E-state index < -0.39 is 22.7 Å². The molecule has 2 aromatic rings. The first-order valence-corrected chi connectivity index (χ1v) is 9.58. The van der Waals surface area contributed by atoms with Crippen LogP contribution in [-0.4, -0.2) is 23.2 Å². The SMILES string of the molecule is CC1(C(=O)O)CCC(C(=O)Nc2ccccc2N=Cc2ccc(F)cc2)C1(C)C. The lowest BCUT2D eigenvalue weighted by atomic mass is 9.65. The van der Waals surface area contributed by atoms with Crippen molar-refractivity contribution in [2.24, 2.45) is 21.7 Å². The van der Waals surface area contributed by atoms with Gasteiger partial charge in [-0.05, 0) is 55.0 Å². The van der Waals surface area contributed by atoms with Crippen molar-refractivity contribution in [2.75, 3.05) is 5.32 Å². The van der Waals surface area contributed by atoms with E-state index in [9.17, 15) is 19.1 Å². The molecule has 0 spiro atoms. The fourth-order valence-electron chi connectivity index (χ4n) is 3.95. The van der Waals surface area contributed by atoms with Crippen LogP contribution >= 0.6 is 0 Å². The predicted molar refractivity (Wildman–Crippen MR) is 111 cm³/mol. The van der Waals surface area contributed by atoms with Gasteiger partial charge in [0.05, 0.1) is 16.8 Å². The summed E-state index contributed by atoms with van der Waals surface area (Å²) < 4.78 is 13.0. The number of carboxylic acid groups (broad SMARTS) is 1. The molecular formula is C23H25FN2O3. The fourth-order valence-corrected chi connectivity index (χ4v) is 3.95. The molecule has 1 fully saturated rings. The van der Waals surface area contributed by atoms with Crippen LogP contribution in [0.25, 0.3) is 0 Å². The average molecular weight is 396 g/mol. The lowest BCUT2D eigenvalue weighted by molar-refractivity contribution is -0.154. The number of carbonyl (C=O) groups is 2. The van der Waals surface area contributed by atoms with E-state index >= 15 is 0 Å². The molecule has 0 bridgehead atoms. The molecule has 0 radical (unpaired) electrons. The number of anilines is 1. The topological polar surface area (TPSA) is 78.8 Å². The van der Waals surface area contributed by atoms with Crippen LogP contribution in [-0.2, 0) is 9.59 Å². The summed E-state index contributed by atoms with van der Waals surface area (Å²) in [5.41, 5.74) is 0.226. The maximum atomic E-state index is 13.0. The van der Waals surface area contributed by atoms with Crippen LogP contribution in [0, 0.1) is 22.6 Å². The summed E-state index contributed by atoms with van der Waals surface area (Å²) >= 11 is 0. The highest BCUT2D eigenvalue weighted by atomic mass is 19.1. The Kier molecular flexibility index (Phi) is 5.55. The van der Waals surface area contributed by atoms with E-state index in [1.807, 2.05) is 19.9 Å². The van der Waals surface area contributed by atoms with E-state index in [0.29, 0.717) is 24.2 Å². The number of aliphatic carboxylic acids is 1. The van der Waals surface area contributed by atoms with Crippen molar-refractivity contribution in [2.45, 2.75) is 33.6 Å². The van der Waals surface area contributed by atoms with Gasteiger partial charge >= 0.3 is 5.97 Å². The van der Waals surface area contributed by atoms with E-state index in [1.54, 1.807) is 43.5 Å². The molecule has 0 saturated heterocycles. The highest BCUT2D eigenvalue weighted by Gasteiger charge is 2.58. The third-order valence-corrected chi connectivity index (χ3v) is 6.40. The van der Waals surface area contributed by atoms with Gasteiger partial charge in [-0.15, -0.1) is 0 Å². The smallest absolute Gasteiger partial charge is 0.309 e. The number of nitrogens with one attached hydrogen (secondary N) is 1. The summed E-state index contributed by atoms with van der Waals surface area (Å²) in [6.45, 7) is 5.40. The highest BCUT2D eigenvalue weighted by molar-refractivity contribution is 5.97. The number of nitrogens with zero attached hydrogens (tertiary/aromatic N) is 1. The van der Waals surface area contributed by atoms with Crippen molar-refractivity contribution < 1.29 is 19.1 Å². The Morgan fingerprint density at radius 2 is 1.79 bits per heavy atom. The number of carbonyl (C=O) groups excluding carboxylic acids is 1. The van der Waals surface area contributed by atoms with Gasteiger partial charge in [0.25, 0.3) is 0 Å². The van der Waals surface area contributed by atoms with E-state index in [1.165, 1.54) is 12.1 Å². The number of carboxylic acids is 1. The van der Waals surface area contributed by atoms with Crippen molar-refractivity contribution in [1.82, 2.24) is 0 Å². The molecule has 29 heavy (non-hydrogen) atoms. The monoisotopic (exact) mass is 396 g/mol. The molecule has 2 atom stereocenters. The minimum Gasteiger partial charge on any atom is -0.481 e. The molecule has 6 heteroatoms. The van der Waals surface area contributed by atoms with Gasteiger partial charge in [-0.25, -0.2) is 4.39 Å². The molecule has 1 aliphatic rings.